The quantitative estimate of drug-likeness (QED) is 0.891. The van der Waals surface area contributed by atoms with Crippen LogP contribution in [0.4, 0.5) is 8.78 Å². The van der Waals surface area contributed by atoms with Gasteiger partial charge in [-0.2, -0.15) is 5.10 Å². The van der Waals surface area contributed by atoms with Gasteiger partial charge in [-0.1, -0.05) is 20.8 Å². The van der Waals surface area contributed by atoms with Gasteiger partial charge in [0.05, 0.1) is 6.20 Å². The Balaban J connectivity index is 1.86. The van der Waals surface area contributed by atoms with Gasteiger partial charge >= 0.3 is 0 Å². The van der Waals surface area contributed by atoms with E-state index >= 15 is 0 Å². The van der Waals surface area contributed by atoms with Crippen LogP contribution in [0.2, 0.25) is 0 Å². The summed E-state index contributed by atoms with van der Waals surface area (Å²) in [5.74, 6) is -0.584. The maximum Gasteiger partial charge on any atom is 0.131 e. The molecular formula is C19H25F2N3. The Morgan fingerprint density at radius 3 is 2.79 bits per heavy atom. The molecule has 1 aliphatic heterocycles. The number of aromatic nitrogens is 2. The summed E-state index contributed by atoms with van der Waals surface area (Å²) in [6, 6.07) is 3.57. The molecule has 24 heavy (non-hydrogen) atoms. The minimum Gasteiger partial charge on any atom is -0.302 e. The molecule has 0 unspecified atom stereocenters. The molecule has 2 aromatic rings. The number of halogens is 2. The van der Waals surface area contributed by atoms with Crippen molar-refractivity contribution >= 4 is 0 Å². The predicted octanol–water partition coefficient (Wildman–Crippen LogP) is 4.58. The first-order valence-corrected chi connectivity index (χ1v) is 8.54. The van der Waals surface area contributed by atoms with Crippen molar-refractivity contribution in [2.75, 3.05) is 19.6 Å². The second kappa shape index (κ2) is 6.63. The van der Waals surface area contributed by atoms with E-state index in [1.807, 2.05) is 0 Å². The highest BCUT2D eigenvalue weighted by Gasteiger charge is 2.28. The normalized spacial score (nSPS) is 19.6. The van der Waals surface area contributed by atoms with Crippen LogP contribution in [-0.2, 0) is 0 Å². The van der Waals surface area contributed by atoms with Gasteiger partial charge in [0.25, 0.3) is 0 Å². The van der Waals surface area contributed by atoms with Crippen molar-refractivity contribution < 1.29 is 8.78 Å². The summed E-state index contributed by atoms with van der Waals surface area (Å²) >= 11 is 0. The Kier molecular flexibility index (Phi) is 4.72. The molecule has 1 saturated heterocycles. The average Bonchev–Trinajstić information content (AvgIpc) is 2.97. The number of piperidine rings is 1. The van der Waals surface area contributed by atoms with Crippen LogP contribution in [-0.4, -0.2) is 34.7 Å². The molecule has 1 aromatic carbocycles. The first-order chi connectivity index (χ1) is 11.3. The fourth-order valence-corrected chi connectivity index (χ4v) is 3.63. The Morgan fingerprint density at radius 1 is 1.25 bits per heavy atom. The van der Waals surface area contributed by atoms with Crippen LogP contribution in [0.3, 0.4) is 0 Å². The van der Waals surface area contributed by atoms with E-state index in [1.54, 1.807) is 6.20 Å². The molecule has 0 saturated carbocycles. The Labute approximate surface area is 142 Å². The van der Waals surface area contributed by atoms with Crippen LogP contribution in [0.1, 0.15) is 45.2 Å². The lowest BCUT2D eigenvalue weighted by Gasteiger charge is -2.36. The minimum absolute atomic E-state index is 0.243. The molecule has 1 atom stereocenters. The molecule has 2 heterocycles. The third-order valence-electron chi connectivity index (χ3n) is 4.50. The predicted molar refractivity (Wildman–Crippen MR) is 91.8 cm³/mol. The number of likely N-dealkylation sites (tertiary alicyclic amines) is 1. The monoisotopic (exact) mass is 333 g/mol. The molecule has 1 N–H and O–H groups in total. The number of aromatic amines is 1. The number of hydrogen-bond acceptors (Lipinski definition) is 2. The number of H-pyrrole nitrogens is 1. The number of nitrogens with one attached hydrogen (secondary N) is 1. The number of rotatable bonds is 3. The van der Waals surface area contributed by atoms with E-state index in [0.29, 0.717) is 5.56 Å². The van der Waals surface area contributed by atoms with Crippen LogP contribution in [0.25, 0.3) is 11.1 Å². The molecule has 3 rings (SSSR count). The fraction of sp³-hybridized carbons (Fsp3) is 0.526. The fourth-order valence-electron chi connectivity index (χ4n) is 3.63. The van der Waals surface area contributed by atoms with E-state index in [0.717, 1.165) is 44.2 Å². The van der Waals surface area contributed by atoms with Crippen molar-refractivity contribution in [3.63, 3.8) is 0 Å². The summed E-state index contributed by atoms with van der Waals surface area (Å²) < 4.78 is 27.7. The highest BCUT2D eigenvalue weighted by molar-refractivity contribution is 5.66. The molecule has 0 radical (unpaired) electrons. The zero-order valence-corrected chi connectivity index (χ0v) is 14.6. The van der Waals surface area contributed by atoms with Gasteiger partial charge in [0.15, 0.2) is 0 Å². The van der Waals surface area contributed by atoms with Gasteiger partial charge in [0.2, 0.25) is 0 Å². The first kappa shape index (κ1) is 17.1. The van der Waals surface area contributed by atoms with E-state index in [9.17, 15) is 8.78 Å². The lowest BCUT2D eigenvalue weighted by molar-refractivity contribution is 0.150. The zero-order chi connectivity index (χ0) is 17.3. The summed E-state index contributed by atoms with van der Waals surface area (Å²) in [5, 5.41) is 7.15. The molecule has 3 nitrogen and oxygen atoms in total. The van der Waals surface area contributed by atoms with Gasteiger partial charge in [-0.25, -0.2) is 8.78 Å². The lowest BCUT2D eigenvalue weighted by Crippen LogP contribution is -2.39. The van der Waals surface area contributed by atoms with Crippen LogP contribution in [0.15, 0.2) is 24.4 Å². The van der Waals surface area contributed by atoms with Crippen molar-refractivity contribution in [1.29, 1.82) is 0 Å². The van der Waals surface area contributed by atoms with Gasteiger partial charge in [-0.05, 0) is 43.0 Å². The number of hydrogen-bond donors (Lipinski definition) is 1. The van der Waals surface area contributed by atoms with E-state index in [4.69, 9.17) is 0 Å². The molecular weight excluding hydrogens is 308 g/mol. The highest BCUT2D eigenvalue weighted by atomic mass is 19.1. The summed E-state index contributed by atoms with van der Waals surface area (Å²) in [5.41, 5.74) is 2.12. The van der Waals surface area contributed by atoms with Crippen LogP contribution in [0.5, 0.6) is 0 Å². The third kappa shape index (κ3) is 3.83. The molecule has 0 bridgehead atoms. The first-order valence-electron chi connectivity index (χ1n) is 8.54. The Bertz CT molecular complexity index is 703. The third-order valence-corrected chi connectivity index (χ3v) is 4.50. The van der Waals surface area contributed by atoms with Gasteiger partial charge in [-0.3, -0.25) is 5.10 Å². The number of nitrogens with zero attached hydrogens (tertiary/aromatic N) is 2. The smallest absolute Gasteiger partial charge is 0.131 e. The summed E-state index contributed by atoms with van der Waals surface area (Å²) in [7, 11) is 0. The molecule has 0 spiro atoms. The summed E-state index contributed by atoms with van der Waals surface area (Å²) in [4.78, 5) is 2.46. The van der Waals surface area contributed by atoms with Crippen molar-refractivity contribution in [3.05, 3.63) is 41.7 Å². The molecule has 0 aliphatic carbocycles. The number of benzene rings is 1. The Hall–Kier alpha value is -1.75. The molecule has 1 aromatic heterocycles. The van der Waals surface area contributed by atoms with Crippen LogP contribution >= 0.6 is 0 Å². The summed E-state index contributed by atoms with van der Waals surface area (Å²) in [6.45, 7) is 9.75. The minimum atomic E-state index is -0.434. The van der Waals surface area contributed by atoms with Gasteiger partial charge in [-0.15, -0.1) is 0 Å². The molecule has 1 aliphatic rings. The van der Waals surface area contributed by atoms with Crippen molar-refractivity contribution in [2.24, 2.45) is 5.41 Å². The maximum atomic E-state index is 14.2. The van der Waals surface area contributed by atoms with Gasteiger partial charge in [0, 0.05) is 35.8 Å². The summed E-state index contributed by atoms with van der Waals surface area (Å²) in [6.07, 6.45) is 3.74. The van der Waals surface area contributed by atoms with Crippen LogP contribution < -0.4 is 0 Å². The zero-order valence-electron chi connectivity index (χ0n) is 14.6. The largest absolute Gasteiger partial charge is 0.302 e. The van der Waals surface area contributed by atoms with Crippen molar-refractivity contribution in [1.82, 2.24) is 15.1 Å². The molecule has 130 valence electrons. The maximum absolute atomic E-state index is 14.2. The van der Waals surface area contributed by atoms with Crippen LogP contribution in [0, 0.1) is 17.0 Å². The second-order valence-electron chi connectivity index (χ2n) is 7.96. The standard InChI is InChI=1S/C19H25F2N3/c1-19(2,3)12-24-8-4-5-13(11-24)18-16(10-22-23-18)15-9-14(20)6-7-17(15)21/h6-7,9-10,13H,4-5,8,11-12H2,1-3H3,(H,22,23)/t13-/m1/s1. The highest BCUT2D eigenvalue weighted by Crippen LogP contribution is 2.35. The molecule has 0 amide bonds. The Morgan fingerprint density at radius 2 is 2.04 bits per heavy atom. The van der Waals surface area contributed by atoms with Crippen molar-refractivity contribution in [2.45, 2.75) is 39.5 Å². The second-order valence-corrected chi connectivity index (χ2v) is 7.96. The van der Waals surface area contributed by atoms with E-state index in [-0.39, 0.29) is 16.9 Å². The van der Waals surface area contributed by atoms with E-state index < -0.39 is 11.6 Å². The van der Waals surface area contributed by atoms with Gasteiger partial charge < -0.3 is 4.90 Å². The van der Waals surface area contributed by atoms with Crippen molar-refractivity contribution in [3.8, 4) is 11.1 Å². The molecule has 1 fully saturated rings. The SMILES string of the molecule is CC(C)(C)CN1CCC[C@@H](c2[nH]ncc2-c2cc(F)ccc2F)C1. The average molecular weight is 333 g/mol. The van der Waals surface area contributed by atoms with E-state index in [2.05, 4.69) is 35.9 Å². The van der Waals surface area contributed by atoms with Gasteiger partial charge in [0.1, 0.15) is 11.6 Å². The lowest BCUT2D eigenvalue weighted by atomic mass is 9.88. The van der Waals surface area contributed by atoms with E-state index in [1.165, 1.54) is 12.1 Å². The molecule has 5 heteroatoms. The topological polar surface area (TPSA) is 31.9 Å².